The number of primary amides is 1. The van der Waals surface area contributed by atoms with E-state index in [0.29, 0.717) is 5.69 Å². The first-order chi connectivity index (χ1) is 9.11. The fraction of sp³-hybridized carbons (Fsp3) is 0.154. The molecule has 2 N–H and O–H groups in total. The molecule has 6 nitrogen and oxygen atoms in total. The Morgan fingerprint density at radius 2 is 2.11 bits per heavy atom. The summed E-state index contributed by atoms with van der Waals surface area (Å²) in [4.78, 5) is 15.5. The van der Waals surface area contributed by atoms with Crippen molar-refractivity contribution in [1.82, 2.24) is 9.78 Å². The van der Waals surface area contributed by atoms with Gasteiger partial charge in [-0.2, -0.15) is 5.10 Å². The van der Waals surface area contributed by atoms with Crippen LogP contribution in [0.3, 0.4) is 0 Å². The van der Waals surface area contributed by atoms with Crippen LogP contribution in [0.4, 0.5) is 5.69 Å². The van der Waals surface area contributed by atoms with Crippen LogP contribution in [0, 0.1) is 0 Å². The molecule has 0 radical (unpaired) electrons. The van der Waals surface area contributed by atoms with Gasteiger partial charge in [-0.05, 0) is 29.8 Å². The van der Waals surface area contributed by atoms with Crippen molar-refractivity contribution < 1.29 is 9.53 Å². The minimum absolute atomic E-state index is 0.282. The van der Waals surface area contributed by atoms with Gasteiger partial charge in [0.15, 0.2) is 5.69 Å². The van der Waals surface area contributed by atoms with Crippen LogP contribution >= 0.6 is 0 Å². The highest BCUT2D eigenvalue weighted by Gasteiger charge is 2.12. The van der Waals surface area contributed by atoms with E-state index in [1.807, 2.05) is 24.3 Å². The lowest BCUT2D eigenvalue weighted by Crippen LogP contribution is -2.15. The highest BCUT2D eigenvalue weighted by atomic mass is 16.5. The van der Waals surface area contributed by atoms with Gasteiger partial charge in [-0.25, -0.2) is 0 Å². The minimum atomic E-state index is -0.554. The summed E-state index contributed by atoms with van der Waals surface area (Å²) >= 11 is 0. The summed E-state index contributed by atoms with van der Waals surface area (Å²) in [6, 6.07) is 7.39. The van der Waals surface area contributed by atoms with Gasteiger partial charge in [0.2, 0.25) is 0 Å². The third-order valence-electron chi connectivity index (χ3n) is 2.62. The van der Waals surface area contributed by atoms with Crippen LogP contribution in [0.1, 0.15) is 16.1 Å². The predicted octanol–water partition coefficient (Wildman–Crippen LogP) is 1.28. The molecule has 1 aromatic heterocycles. The molecule has 6 heteroatoms. The molecule has 0 aliphatic rings. The second kappa shape index (κ2) is 5.34. The molecule has 98 valence electrons. The number of ether oxygens (including phenoxy) is 1. The zero-order valence-electron chi connectivity index (χ0n) is 10.7. The van der Waals surface area contributed by atoms with Gasteiger partial charge in [0.1, 0.15) is 11.4 Å². The number of benzene rings is 1. The first-order valence-electron chi connectivity index (χ1n) is 5.61. The van der Waals surface area contributed by atoms with Crippen LogP contribution in [0.25, 0.3) is 0 Å². The molecule has 0 saturated heterocycles. The van der Waals surface area contributed by atoms with Crippen LogP contribution in [0.5, 0.6) is 5.75 Å². The number of amides is 1. The monoisotopic (exact) mass is 258 g/mol. The Kier molecular flexibility index (Phi) is 3.61. The SMILES string of the molecule is COc1ccc(C=Nc2cnn(C)c2C(N)=O)cc1. The normalized spacial score (nSPS) is 10.8. The van der Waals surface area contributed by atoms with Crippen LogP contribution in [0.2, 0.25) is 0 Å². The Balaban J connectivity index is 2.24. The lowest BCUT2D eigenvalue weighted by molar-refractivity contribution is 0.0992. The van der Waals surface area contributed by atoms with E-state index in [9.17, 15) is 4.79 Å². The lowest BCUT2D eigenvalue weighted by Gasteiger charge is -1.99. The largest absolute Gasteiger partial charge is 0.497 e. The van der Waals surface area contributed by atoms with Gasteiger partial charge in [-0.3, -0.25) is 14.5 Å². The van der Waals surface area contributed by atoms with Gasteiger partial charge in [0.25, 0.3) is 5.91 Å². The average Bonchev–Trinajstić information content (AvgIpc) is 2.78. The number of hydrogen-bond acceptors (Lipinski definition) is 4. The summed E-state index contributed by atoms with van der Waals surface area (Å²) in [6.07, 6.45) is 3.14. The van der Waals surface area contributed by atoms with Crippen LogP contribution in [-0.2, 0) is 7.05 Å². The van der Waals surface area contributed by atoms with E-state index in [1.54, 1.807) is 20.4 Å². The maximum Gasteiger partial charge on any atom is 0.269 e. The van der Waals surface area contributed by atoms with Crippen molar-refractivity contribution in [2.75, 3.05) is 7.11 Å². The second-order valence-corrected chi connectivity index (χ2v) is 3.90. The Labute approximate surface area is 110 Å². The average molecular weight is 258 g/mol. The molecule has 1 amide bonds. The maximum absolute atomic E-state index is 11.3. The number of aryl methyl sites for hydroxylation is 1. The van der Waals surface area contributed by atoms with Crippen molar-refractivity contribution in [2.45, 2.75) is 0 Å². The van der Waals surface area contributed by atoms with E-state index < -0.39 is 5.91 Å². The molecule has 1 aromatic carbocycles. The smallest absolute Gasteiger partial charge is 0.269 e. The molecule has 0 saturated carbocycles. The summed E-state index contributed by atoms with van der Waals surface area (Å²) in [5.41, 5.74) is 6.90. The Bertz CT molecular complexity index is 614. The van der Waals surface area contributed by atoms with Crippen molar-refractivity contribution in [2.24, 2.45) is 17.8 Å². The summed E-state index contributed by atoms with van der Waals surface area (Å²) in [5.74, 6) is 0.221. The van der Waals surface area contributed by atoms with E-state index in [2.05, 4.69) is 10.1 Å². The van der Waals surface area contributed by atoms with E-state index >= 15 is 0 Å². The van der Waals surface area contributed by atoms with Crippen molar-refractivity contribution in [3.63, 3.8) is 0 Å². The van der Waals surface area contributed by atoms with Gasteiger partial charge in [0, 0.05) is 13.3 Å². The number of hydrogen-bond donors (Lipinski definition) is 1. The summed E-state index contributed by atoms with van der Waals surface area (Å²) in [5, 5.41) is 3.96. The first kappa shape index (κ1) is 12.8. The molecule has 19 heavy (non-hydrogen) atoms. The number of nitrogens with zero attached hydrogens (tertiary/aromatic N) is 3. The van der Waals surface area contributed by atoms with Crippen LogP contribution < -0.4 is 10.5 Å². The van der Waals surface area contributed by atoms with E-state index in [-0.39, 0.29) is 5.69 Å². The summed E-state index contributed by atoms with van der Waals surface area (Å²) in [6.45, 7) is 0. The second-order valence-electron chi connectivity index (χ2n) is 3.90. The molecule has 2 aromatic rings. The van der Waals surface area contributed by atoms with Crippen molar-refractivity contribution >= 4 is 17.8 Å². The van der Waals surface area contributed by atoms with Gasteiger partial charge in [0.05, 0.1) is 13.3 Å². The molecule has 0 aliphatic carbocycles. The number of carbonyl (C=O) groups excluding carboxylic acids is 1. The van der Waals surface area contributed by atoms with Crippen molar-refractivity contribution in [3.8, 4) is 5.75 Å². The lowest BCUT2D eigenvalue weighted by atomic mass is 10.2. The Morgan fingerprint density at radius 3 is 2.68 bits per heavy atom. The summed E-state index contributed by atoms with van der Waals surface area (Å²) in [7, 11) is 3.25. The number of aliphatic imine (C=N–C) groups is 1. The number of rotatable bonds is 4. The standard InChI is InChI=1S/C13H14N4O2/c1-17-12(13(14)18)11(8-16-17)15-7-9-3-5-10(19-2)6-4-9/h3-8H,1-2H3,(H2,14,18). The van der Waals surface area contributed by atoms with Crippen molar-refractivity contribution in [3.05, 3.63) is 41.7 Å². The van der Waals surface area contributed by atoms with E-state index in [0.717, 1.165) is 11.3 Å². The predicted molar refractivity (Wildman–Crippen MR) is 72.0 cm³/mol. The number of nitrogens with two attached hydrogens (primary N) is 1. The molecule has 2 rings (SSSR count). The Hall–Kier alpha value is -2.63. The van der Waals surface area contributed by atoms with E-state index in [4.69, 9.17) is 10.5 Å². The fourth-order valence-electron chi connectivity index (χ4n) is 1.64. The molecule has 0 aliphatic heterocycles. The number of carbonyl (C=O) groups is 1. The van der Waals surface area contributed by atoms with Crippen molar-refractivity contribution in [1.29, 1.82) is 0 Å². The van der Waals surface area contributed by atoms with E-state index in [1.165, 1.54) is 10.9 Å². The zero-order chi connectivity index (χ0) is 13.8. The molecular weight excluding hydrogens is 244 g/mol. The van der Waals surface area contributed by atoms with Gasteiger partial charge in [-0.1, -0.05) is 0 Å². The van der Waals surface area contributed by atoms with Gasteiger partial charge < -0.3 is 10.5 Å². The van der Waals surface area contributed by atoms with Gasteiger partial charge in [-0.15, -0.1) is 0 Å². The molecule has 0 fully saturated rings. The Morgan fingerprint density at radius 1 is 1.42 bits per heavy atom. The topological polar surface area (TPSA) is 82.5 Å². The first-order valence-corrected chi connectivity index (χ1v) is 5.61. The van der Waals surface area contributed by atoms with Crippen LogP contribution in [-0.4, -0.2) is 29.0 Å². The maximum atomic E-state index is 11.3. The minimum Gasteiger partial charge on any atom is -0.497 e. The molecule has 0 atom stereocenters. The molecule has 0 bridgehead atoms. The molecule has 0 unspecified atom stereocenters. The fourth-order valence-corrected chi connectivity index (χ4v) is 1.64. The summed E-state index contributed by atoms with van der Waals surface area (Å²) < 4.78 is 6.47. The third kappa shape index (κ3) is 2.79. The molecule has 1 heterocycles. The highest BCUT2D eigenvalue weighted by Crippen LogP contribution is 2.17. The quantitative estimate of drug-likeness (QED) is 0.838. The number of aromatic nitrogens is 2. The third-order valence-corrected chi connectivity index (χ3v) is 2.62. The molecular formula is C13H14N4O2. The number of methoxy groups -OCH3 is 1. The zero-order valence-corrected chi connectivity index (χ0v) is 10.7. The van der Waals surface area contributed by atoms with Gasteiger partial charge >= 0.3 is 0 Å². The van der Waals surface area contributed by atoms with Crippen LogP contribution in [0.15, 0.2) is 35.5 Å². The molecule has 0 spiro atoms. The highest BCUT2D eigenvalue weighted by molar-refractivity contribution is 5.97.